The predicted octanol–water partition coefficient (Wildman–Crippen LogP) is 2.42. The molecule has 0 radical (unpaired) electrons. The van der Waals surface area contributed by atoms with Crippen LogP contribution in [0.4, 0.5) is 0 Å². The molecule has 5 heteroatoms. The highest BCUT2D eigenvalue weighted by molar-refractivity contribution is 6.34. The zero-order valence-electron chi connectivity index (χ0n) is 11.8. The minimum absolute atomic E-state index is 0.00210. The van der Waals surface area contributed by atoms with Gasteiger partial charge in [-0.1, -0.05) is 11.6 Å². The van der Waals surface area contributed by atoms with Crippen molar-refractivity contribution in [3.8, 4) is 0 Å². The van der Waals surface area contributed by atoms with Crippen molar-refractivity contribution in [3.63, 3.8) is 0 Å². The van der Waals surface area contributed by atoms with Gasteiger partial charge in [0, 0.05) is 37.1 Å². The molecule has 3 atom stereocenters. The zero-order valence-corrected chi connectivity index (χ0v) is 12.5. The number of rotatable bonds is 2. The van der Waals surface area contributed by atoms with E-state index in [1.807, 2.05) is 35.0 Å². The molecule has 0 spiro atoms. The summed E-state index contributed by atoms with van der Waals surface area (Å²) in [6.07, 6.45) is 6.16. The Balaban J connectivity index is 1.52. The van der Waals surface area contributed by atoms with E-state index in [4.69, 9.17) is 11.6 Å². The molecule has 4 nitrogen and oxygen atoms in total. The number of halogens is 1. The van der Waals surface area contributed by atoms with Crippen LogP contribution in [0.3, 0.4) is 0 Å². The van der Waals surface area contributed by atoms with E-state index in [1.54, 1.807) is 0 Å². The third kappa shape index (κ3) is 2.43. The van der Waals surface area contributed by atoms with Gasteiger partial charge in [-0.2, -0.15) is 0 Å². The topological polar surface area (TPSA) is 36.8 Å². The van der Waals surface area contributed by atoms with Crippen LogP contribution >= 0.6 is 11.6 Å². The van der Waals surface area contributed by atoms with Gasteiger partial charge in [0.25, 0.3) is 5.91 Å². The van der Waals surface area contributed by atoms with Crippen molar-refractivity contribution in [1.82, 2.24) is 14.6 Å². The van der Waals surface area contributed by atoms with Crippen LogP contribution in [-0.2, 0) is 0 Å². The number of carbonyl (C=O) groups excluding carboxylic acids is 1. The Labute approximate surface area is 128 Å². The van der Waals surface area contributed by atoms with Gasteiger partial charge in [-0.25, -0.2) is 0 Å². The summed E-state index contributed by atoms with van der Waals surface area (Å²) < 4.78 is 1.92. The lowest BCUT2D eigenvalue weighted by Crippen LogP contribution is -2.47. The molecule has 2 aliphatic rings. The zero-order chi connectivity index (χ0) is 14.4. The Morgan fingerprint density at radius 3 is 3.00 bits per heavy atom. The average molecular weight is 304 g/mol. The first kappa shape index (κ1) is 13.2. The number of carbonyl (C=O) groups is 1. The van der Waals surface area contributed by atoms with Crippen LogP contribution in [-0.4, -0.2) is 40.9 Å². The van der Waals surface area contributed by atoms with Gasteiger partial charge in [-0.15, -0.1) is 0 Å². The number of hydrogen-bond donors (Lipinski definition) is 1. The monoisotopic (exact) mass is 303 g/mol. The molecule has 2 fully saturated rings. The summed E-state index contributed by atoms with van der Waals surface area (Å²) in [7, 11) is 0. The van der Waals surface area contributed by atoms with E-state index < -0.39 is 0 Å². The summed E-state index contributed by atoms with van der Waals surface area (Å²) in [5, 5.41) is 3.85. The lowest BCUT2D eigenvalue weighted by molar-refractivity contribution is 0.0909. The van der Waals surface area contributed by atoms with Crippen molar-refractivity contribution in [2.75, 3.05) is 19.6 Å². The second kappa shape index (κ2) is 5.04. The fourth-order valence-electron chi connectivity index (χ4n) is 3.64. The van der Waals surface area contributed by atoms with Crippen LogP contribution in [0.25, 0.3) is 5.52 Å². The highest BCUT2D eigenvalue weighted by Crippen LogP contribution is 2.27. The summed E-state index contributed by atoms with van der Waals surface area (Å²) >= 11 is 6.13. The summed E-state index contributed by atoms with van der Waals surface area (Å²) in [6, 6.07) is 5.81. The van der Waals surface area contributed by atoms with Gasteiger partial charge < -0.3 is 14.6 Å². The number of nitrogens with one attached hydrogen (secondary N) is 1. The number of hydrogen-bond acceptors (Lipinski definition) is 2. The molecule has 0 aromatic carbocycles. The van der Waals surface area contributed by atoms with Crippen LogP contribution in [0.2, 0.25) is 5.02 Å². The van der Waals surface area contributed by atoms with Crippen LogP contribution < -0.4 is 5.32 Å². The smallest absolute Gasteiger partial charge is 0.251 e. The van der Waals surface area contributed by atoms with Gasteiger partial charge in [0.1, 0.15) is 0 Å². The van der Waals surface area contributed by atoms with E-state index >= 15 is 0 Å². The molecule has 4 rings (SSSR count). The fraction of sp³-hybridized carbons (Fsp3) is 0.438. The highest BCUT2D eigenvalue weighted by atomic mass is 35.5. The largest absolute Gasteiger partial charge is 0.348 e. The van der Waals surface area contributed by atoms with Crippen molar-refractivity contribution < 1.29 is 4.79 Å². The van der Waals surface area contributed by atoms with Gasteiger partial charge in [0.15, 0.2) is 0 Å². The Morgan fingerprint density at radius 2 is 2.14 bits per heavy atom. The maximum Gasteiger partial charge on any atom is 0.251 e. The molecule has 2 aromatic rings. The maximum absolute atomic E-state index is 12.4. The van der Waals surface area contributed by atoms with Gasteiger partial charge in [-0.3, -0.25) is 4.79 Å². The number of nitrogens with zero attached hydrogens (tertiary/aromatic N) is 2. The van der Waals surface area contributed by atoms with Crippen molar-refractivity contribution in [1.29, 1.82) is 0 Å². The second-order valence-electron chi connectivity index (χ2n) is 6.19. The van der Waals surface area contributed by atoms with Crippen LogP contribution in [0.5, 0.6) is 0 Å². The molecule has 1 N–H and O–H groups in total. The van der Waals surface area contributed by atoms with E-state index in [9.17, 15) is 4.79 Å². The standard InChI is InChI=1S/C16H18ClN3O/c17-14-3-6-20-5-2-12(8-15(14)20)16(21)18-13-7-11-1-4-19(9-11)10-13/h2-3,5-6,8,11,13H,1,4,7,9-10H2,(H,18,21)/t11-,13+/m0/s1. The van der Waals surface area contributed by atoms with Crippen molar-refractivity contribution >= 4 is 23.0 Å². The second-order valence-corrected chi connectivity index (χ2v) is 6.60. The molecule has 0 aliphatic carbocycles. The first-order valence-corrected chi connectivity index (χ1v) is 7.86. The third-order valence-electron chi connectivity index (χ3n) is 4.68. The average Bonchev–Trinajstić information content (AvgIpc) is 3.02. The molecule has 1 unspecified atom stereocenters. The Morgan fingerprint density at radius 1 is 1.29 bits per heavy atom. The molecular formula is C16H18ClN3O. The fourth-order valence-corrected chi connectivity index (χ4v) is 3.85. The van der Waals surface area contributed by atoms with Gasteiger partial charge in [0.05, 0.1) is 10.5 Å². The molecule has 2 saturated heterocycles. The van der Waals surface area contributed by atoms with Gasteiger partial charge >= 0.3 is 0 Å². The van der Waals surface area contributed by atoms with Crippen molar-refractivity contribution in [2.45, 2.75) is 18.9 Å². The third-order valence-corrected chi connectivity index (χ3v) is 4.99. The highest BCUT2D eigenvalue weighted by Gasteiger charge is 2.32. The summed E-state index contributed by atoms with van der Waals surface area (Å²) in [4.78, 5) is 14.9. The lowest BCUT2D eigenvalue weighted by atomic mass is 9.96. The van der Waals surface area contributed by atoms with E-state index in [0.29, 0.717) is 10.6 Å². The number of pyridine rings is 1. The Kier molecular flexibility index (Phi) is 3.16. The first-order chi connectivity index (χ1) is 10.2. The number of aromatic nitrogens is 1. The summed E-state index contributed by atoms with van der Waals surface area (Å²) in [6.45, 7) is 3.37. The van der Waals surface area contributed by atoms with Crippen molar-refractivity contribution in [2.24, 2.45) is 5.92 Å². The Hall–Kier alpha value is -1.52. The predicted molar refractivity (Wildman–Crippen MR) is 82.8 cm³/mol. The van der Waals surface area contributed by atoms with Crippen LogP contribution in [0.15, 0.2) is 30.6 Å². The SMILES string of the molecule is O=C(N[C@@H]1C[C@@H]2CCN(C2)C1)c1ccn2ccc(Cl)c2c1. The quantitative estimate of drug-likeness (QED) is 0.925. The first-order valence-electron chi connectivity index (χ1n) is 7.48. The van der Waals surface area contributed by atoms with E-state index in [1.165, 1.54) is 19.5 Å². The molecule has 0 saturated carbocycles. The maximum atomic E-state index is 12.4. The molecular weight excluding hydrogens is 286 g/mol. The number of fused-ring (bicyclic) bond motifs is 3. The summed E-state index contributed by atoms with van der Waals surface area (Å²) in [5.41, 5.74) is 1.55. The molecule has 2 bridgehead atoms. The molecule has 2 aromatic heterocycles. The number of amides is 1. The molecule has 21 heavy (non-hydrogen) atoms. The number of piperidine rings is 1. The molecule has 1 amide bonds. The normalized spacial score (nSPS) is 28.0. The van der Waals surface area contributed by atoms with Crippen LogP contribution in [0.1, 0.15) is 23.2 Å². The molecule has 110 valence electrons. The van der Waals surface area contributed by atoms with E-state index in [0.717, 1.165) is 24.4 Å². The molecule has 4 heterocycles. The minimum Gasteiger partial charge on any atom is -0.348 e. The van der Waals surface area contributed by atoms with Crippen LogP contribution in [0, 0.1) is 5.92 Å². The van der Waals surface area contributed by atoms with Crippen molar-refractivity contribution in [3.05, 3.63) is 41.2 Å². The Bertz CT molecular complexity index is 684. The van der Waals surface area contributed by atoms with Gasteiger partial charge in [0.2, 0.25) is 0 Å². The minimum atomic E-state index is 0.00210. The van der Waals surface area contributed by atoms with Gasteiger partial charge in [-0.05, 0) is 43.5 Å². The summed E-state index contributed by atoms with van der Waals surface area (Å²) in [5.74, 6) is 0.758. The van der Waals surface area contributed by atoms with E-state index in [-0.39, 0.29) is 11.9 Å². The molecule has 2 aliphatic heterocycles. The lowest BCUT2D eigenvalue weighted by Gasteiger charge is -2.30. The van der Waals surface area contributed by atoms with E-state index in [2.05, 4.69) is 10.2 Å².